The van der Waals surface area contributed by atoms with Gasteiger partial charge in [0.1, 0.15) is 4.90 Å². The van der Waals surface area contributed by atoms with Crippen molar-refractivity contribution in [1.82, 2.24) is 19.7 Å². The standard InChI is InChI=1S/C12H13N5O2S/c1-8-11(7-17(2)15-8)20(18,19)16-12-13-9-5-3-4-6-10(9)14-12/h3-7H,1-2H3,(H2,13,14,16). The zero-order valence-corrected chi connectivity index (χ0v) is 11.8. The number of para-hydroxylation sites is 2. The summed E-state index contributed by atoms with van der Waals surface area (Å²) in [4.78, 5) is 7.25. The number of aryl methyl sites for hydroxylation is 2. The molecule has 3 aromatic rings. The zero-order valence-electron chi connectivity index (χ0n) is 11.0. The lowest BCUT2D eigenvalue weighted by atomic mass is 10.3. The number of hydrogen-bond acceptors (Lipinski definition) is 4. The number of nitrogens with one attached hydrogen (secondary N) is 2. The van der Waals surface area contributed by atoms with Gasteiger partial charge in [0.2, 0.25) is 5.95 Å². The lowest BCUT2D eigenvalue weighted by Crippen LogP contribution is -2.14. The van der Waals surface area contributed by atoms with Gasteiger partial charge in [0.15, 0.2) is 0 Å². The normalized spacial score (nSPS) is 11.9. The number of sulfonamides is 1. The predicted octanol–water partition coefficient (Wildman–Crippen LogP) is 1.41. The van der Waals surface area contributed by atoms with Crippen molar-refractivity contribution in [3.63, 3.8) is 0 Å². The molecule has 1 aromatic carbocycles. The van der Waals surface area contributed by atoms with Gasteiger partial charge in [-0.05, 0) is 19.1 Å². The van der Waals surface area contributed by atoms with Crippen LogP contribution in [0, 0.1) is 6.92 Å². The lowest BCUT2D eigenvalue weighted by molar-refractivity contribution is 0.600. The Kier molecular flexibility index (Phi) is 2.75. The summed E-state index contributed by atoms with van der Waals surface area (Å²) < 4.78 is 28.5. The molecule has 2 N–H and O–H groups in total. The molecular formula is C12H13N5O2S. The molecular weight excluding hydrogens is 278 g/mol. The molecule has 0 radical (unpaired) electrons. The molecule has 0 fully saturated rings. The summed E-state index contributed by atoms with van der Waals surface area (Å²) in [6.45, 7) is 1.65. The van der Waals surface area contributed by atoms with Gasteiger partial charge in [-0.2, -0.15) is 5.10 Å². The van der Waals surface area contributed by atoms with Gasteiger partial charge < -0.3 is 4.98 Å². The molecule has 0 aliphatic heterocycles. The summed E-state index contributed by atoms with van der Waals surface area (Å²) >= 11 is 0. The molecule has 0 aliphatic carbocycles. The summed E-state index contributed by atoms with van der Waals surface area (Å²) in [5, 5.41) is 4.03. The first-order valence-electron chi connectivity index (χ1n) is 5.93. The third-order valence-electron chi connectivity index (χ3n) is 2.88. The van der Waals surface area contributed by atoms with E-state index in [1.807, 2.05) is 18.2 Å². The highest BCUT2D eigenvalue weighted by atomic mass is 32.2. The van der Waals surface area contributed by atoms with Crippen LogP contribution >= 0.6 is 0 Å². The topological polar surface area (TPSA) is 92.7 Å². The average Bonchev–Trinajstić information content (AvgIpc) is 2.91. The van der Waals surface area contributed by atoms with E-state index in [4.69, 9.17) is 0 Å². The minimum absolute atomic E-state index is 0.139. The monoisotopic (exact) mass is 291 g/mol. The van der Waals surface area contributed by atoms with Crippen LogP contribution in [0.1, 0.15) is 5.69 Å². The van der Waals surface area contributed by atoms with Gasteiger partial charge in [0, 0.05) is 13.2 Å². The number of H-pyrrole nitrogens is 1. The van der Waals surface area contributed by atoms with Crippen LogP contribution in [0.4, 0.5) is 5.95 Å². The summed E-state index contributed by atoms with van der Waals surface area (Å²) in [5.41, 5.74) is 1.91. The number of aromatic nitrogens is 4. The zero-order chi connectivity index (χ0) is 14.3. The molecule has 2 aromatic heterocycles. The summed E-state index contributed by atoms with van der Waals surface area (Å²) in [5.74, 6) is 0.189. The summed E-state index contributed by atoms with van der Waals surface area (Å²) in [7, 11) is -2.02. The number of benzene rings is 1. The van der Waals surface area contributed by atoms with E-state index in [0.29, 0.717) is 11.2 Å². The molecule has 0 aliphatic rings. The number of hydrogen-bond donors (Lipinski definition) is 2. The highest BCUT2D eigenvalue weighted by Crippen LogP contribution is 2.19. The number of fused-ring (bicyclic) bond motifs is 1. The smallest absolute Gasteiger partial charge is 0.267 e. The molecule has 3 rings (SSSR count). The molecule has 0 amide bonds. The highest BCUT2D eigenvalue weighted by molar-refractivity contribution is 7.92. The molecule has 0 bridgehead atoms. The number of nitrogens with zero attached hydrogens (tertiary/aromatic N) is 3. The molecule has 20 heavy (non-hydrogen) atoms. The Labute approximate surface area is 115 Å². The SMILES string of the molecule is Cc1nn(C)cc1S(=O)(=O)Nc1nc2ccccc2[nH]1. The first-order chi connectivity index (χ1) is 9.45. The van der Waals surface area contributed by atoms with Crippen LogP contribution in [0.5, 0.6) is 0 Å². The van der Waals surface area contributed by atoms with Gasteiger partial charge in [-0.3, -0.25) is 4.68 Å². The molecule has 0 atom stereocenters. The Morgan fingerprint density at radius 1 is 1.30 bits per heavy atom. The summed E-state index contributed by atoms with van der Waals surface area (Å²) in [6, 6.07) is 7.32. The third-order valence-corrected chi connectivity index (χ3v) is 4.32. The van der Waals surface area contributed by atoms with Gasteiger partial charge in [-0.25, -0.2) is 18.1 Å². The second-order valence-corrected chi connectivity index (χ2v) is 6.11. The van der Waals surface area contributed by atoms with Crippen LogP contribution in [-0.2, 0) is 17.1 Å². The van der Waals surface area contributed by atoms with Crippen molar-refractivity contribution >= 4 is 27.0 Å². The van der Waals surface area contributed by atoms with Crippen LogP contribution in [0.2, 0.25) is 0 Å². The van der Waals surface area contributed by atoms with E-state index < -0.39 is 10.0 Å². The van der Waals surface area contributed by atoms with Crippen molar-refractivity contribution in [1.29, 1.82) is 0 Å². The van der Waals surface area contributed by atoms with E-state index in [1.165, 1.54) is 10.9 Å². The van der Waals surface area contributed by atoms with Crippen LogP contribution in [0.15, 0.2) is 35.4 Å². The molecule has 2 heterocycles. The molecule has 0 spiro atoms. The Hall–Kier alpha value is -2.35. The Morgan fingerprint density at radius 2 is 2.05 bits per heavy atom. The predicted molar refractivity (Wildman–Crippen MR) is 74.8 cm³/mol. The van der Waals surface area contributed by atoms with E-state index >= 15 is 0 Å². The third kappa shape index (κ3) is 2.14. The maximum Gasteiger partial charge on any atom is 0.267 e. The fraction of sp³-hybridized carbons (Fsp3) is 0.167. The van der Waals surface area contributed by atoms with Crippen LogP contribution in [0.25, 0.3) is 11.0 Å². The second-order valence-electron chi connectivity index (χ2n) is 4.46. The first kappa shape index (κ1) is 12.7. The minimum Gasteiger partial charge on any atom is -0.323 e. The molecule has 0 saturated heterocycles. The summed E-state index contributed by atoms with van der Waals surface area (Å²) in [6.07, 6.45) is 1.46. The van der Waals surface area contributed by atoms with Crippen molar-refractivity contribution in [2.24, 2.45) is 7.05 Å². The minimum atomic E-state index is -3.70. The van der Waals surface area contributed by atoms with Gasteiger partial charge in [0.05, 0.1) is 16.7 Å². The van der Waals surface area contributed by atoms with E-state index in [1.54, 1.807) is 20.0 Å². The number of imidazole rings is 1. The van der Waals surface area contributed by atoms with Gasteiger partial charge >= 0.3 is 0 Å². The number of anilines is 1. The van der Waals surface area contributed by atoms with Crippen molar-refractivity contribution < 1.29 is 8.42 Å². The van der Waals surface area contributed by atoms with Gasteiger partial charge in [-0.1, -0.05) is 12.1 Å². The molecule has 7 nitrogen and oxygen atoms in total. The average molecular weight is 291 g/mol. The highest BCUT2D eigenvalue weighted by Gasteiger charge is 2.21. The molecule has 104 valence electrons. The quantitative estimate of drug-likeness (QED) is 0.763. The van der Waals surface area contributed by atoms with Crippen molar-refractivity contribution in [3.8, 4) is 0 Å². The number of aromatic amines is 1. The molecule has 0 saturated carbocycles. The maximum absolute atomic E-state index is 12.3. The molecule has 0 unspecified atom stereocenters. The van der Waals surface area contributed by atoms with E-state index in [2.05, 4.69) is 19.8 Å². The lowest BCUT2D eigenvalue weighted by Gasteiger charge is -2.02. The first-order valence-corrected chi connectivity index (χ1v) is 7.42. The van der Waals surface area contributed by atoms with Crippen molar-refractivity contribution in [2.45, 2.75) is 11.8 Å². The Balaban J connectivity index is 1.99. The van der Waals surface area contributed by atoms with Crippen molar-refractivity contribution in [3.05, 3.63) is 36.2 Å². The van der Waals surface area contributed by atoms with E-state index in [9.17, 15) is 8.42 Å². The van der Waals surface area contributed by atoms with Crippen LogP contribution in [-0.4, -0.2) is 28.2 Å². The van der Waals surface area contributed by atoms with Crippen molar-refractivity contribution in [2.75, 3.05) is 4.72 Å². The Bertz CT molecular complexity index is 845. The maximum atomic E-state index is 12.3. The van der Waals surface area contributed by atoms with E-state index in [-0.39, 0.29) is 10.8 Å². The second kappa shape index (κ2) is 4.34. The number of rotatable bonds is 3. The van der Waals surface area contributed by atoms with Crippen LogP contribution in [0.3, 0.4) is 0 Å². The van der Waals surface area contributed by atoms with E-state index in [0.717, 1.165) is 5.52 Å². The van der Waals surface area contributed by atoms with Gasteiger partial charge in [0.25, 0.3) is 10.0 Å². The van der Waals surface area contributed by atoms with Gasteiger partial charge in [-0.15, -0.1) is 0 Å². The Morgan fingerprint density at radius 3 is 2.70 bits per heavy atom. The fourth-order valence-corrected chi connectivity index (χ4v) is 3.21. The molecule has 8 heteroatoms. The fourth-order valence-electron chi connectivity index (χ4n) is 2.03. The van der Waals surface area contributed by atoms with Crippen LogP contribution < -0.4 is 4.72 Å². The largest absolute Gasteiger partial charge is 0.323 e.